The van der Waals surface area contributed by atoms with Crippen molar-refractivity contribution >= 4 is 5.82 Å². The van der Waals surface area contributed by atoms with Crippen LogP contribution in [0, 0.1) is 6.92 Å². The summed E-state index contributed by atoms with van der Waals surface area (Å²) in [5.74, 6) is -2.04. The summed E-state index contributed by atoms with van der Waals surface area (Å²) in [7, 11) is 0. The zero-order valence-corrected chi connectivity index (χ0v) is 9.08. The lowest BCUT2D eigenvalue weighted by Gasteiger charge is -2.18. The van der Waals surface area contributed by atoms with Gasteiger partial charge in [-0.2, -0.15) is 0 Å². The van der Waals surface area contributed by atoms with Gasteiger partial charge in [0.05, 0.1) is 13.2 Å². The lowest BCUT2D eigenvalue weighted by molar-refractivity contribution is 0.0256. The number of hydrogen-bond acceptors (Lipinski definition) is 3. The smallest absolute Gasteiger partial charge is 0.266 e. The number of aliphatic hydroxyl groups is 1. The Bertz CT molecular complexity index is 396. The summed E-state index contributed by atoms with van der Waals surface area (Å²) in [6.07, 6.45) is -0.116. The van der Waals surface area contributed by atoms with Crippen LogP contribution in [0.5, 0.6) is 0 Å². The number of aliphatic hydroxyl groups excluding tert-OH is 1. The number of halogens is 2. The number of aryl methyl sites for hydroxylation is 1. The maximum absolute atomic E-state index is 13.0. The second kappa shape index (κ2) is 3.97. The molecule has 0 radical (unpaired) electrons. The van der Waals surface area contributed by atoms with Crippen LogP contribution in [0.25, 0.3) is 0 Å². The van der Waals surface area contributed by atoms with Crippen molar-refractivity contribution < 1.29 is 13.9 Å². The number of alkyl halides is 2. The number of pyridine rings is 1. The maximum Gasteiger partial charge on any atom is 0.266 e. The second-order valence-electron chi connectivity index (χ2n) is 4.10. The van der Waals surface area contributed by atoms with Crippen molar-refractivity contribution in [2.75, 3.05) is 18.0 Å². The molecule has 0 saturated carbocycles. The summed E-state index contributed by atoms with van der Waals surface area (Å²) in [4.78, 5) is 5.80. The average Bonchev–Trinajstić information content (AvgIpc) is 2.59. The molecule has 0 atom stereocenters. The molecular weight excluding hydrogens is 214 g/mol. The molecule has 2 heterocycles. The molecular formula is C11H14F2N2O. The first-order valence-electron chi connectivity index (χ1n) is 5.22. The lowest BCUT2D eigenvalue weighted by atomic mass is 10.2. The van der Waals surface area contributed by atoms with Crippen molar-refractivity contribution in [1.82, 2.24) is 4.98 Å². The van der Waals surface area contributed by atoms with E-state index in [0.717, 1.165) is 5.56 Å². The molecule has 0 spiro atoms. The highest BCUT2D eigenvalue weighted by Crippen LogP contribution is 2.30. The fraction of sp³-hybridized carbons (Fsp3) is 0.545. The van der Waals surface area contributed by atoms with Crippen LogP contribution in [0.3, 0.4) is 0 Å². The Hall–Kier alpha value is -1.23. The first-order chi connectivity index (χ1) is 7.52. The maximum atomic E-state index is 13.0. The van der Waals surface area contributed by atoms with Gasteiger partial charge in [0, 0.05) is 18.7 Å². The minimum Gasteiger partial charge on any atom is -0.392 e. The lowest BCUT2D eigenvalue weighted by Crippen LogP contribution is -2.25. The predicted molar refractivity (Wildman–Crippen MR) is 56.7 cm³/mol. The van der Waals surface area contributed by atoms with Crippen LogP contribution in [0.15, 0.2) is 12.1 Å². The molecule has 1 aromatic heterocycles. The van der Waals surface area contributed by atoms with Crippen molar-refractivity contribution in [2.45, 2.75) is 25.9 Å². The molecule has 0 aliphatic carbocycles. The van der Waals surface area contributed by atoms with Crippen LogP contribution in [-0.2, 0) is 6.61 Å². The number of aromatic nitrogens is 1. The largest absolute Gasteiger partial charge is 0.392 e. The SMILES string of the molecule is Cc1nc(N2CCC(F)(F)C2)ccc1CO. The molecule has 0 aromatic carbocycles. The van der Waals surface area contributed by atoms with Gasteiger partial charge in [-0.05, 0) is 18.6 Å². The summed E-state index contributed by atoms with van der Waals surface area (Å²) in [5.41, 5.74) is 1.42. The normalized spacial score (nSPS) is 19.1. The predicted octanol–water partition coefficient (Wildman–Crippen LogP) is 1.73. The van der Waals surface area contributed by atoms with Gasteiger partial charge in [-0.1, -0.05) is 6.07 Å². The molecule has 1 fully saturated rings. The van der Waals surface area contributed by atoms with Gasteiger partial charge in [0.15, 0.2) is 0 Å². The average molecular weight is 228 g/mol. The van der Waals surface area contributed by atoms with Gasteiger partial charge < -0.3 is 10.0 Å². The van der Waals surface area contributed by atoms with Crippen molar-refractivity contribution in [3.8, 4) is 0 Å². The molecule has 1 N–H and O–H groups in total. The van der Waals surface area contributed by atoms with E-state index in [9.17, 15) is 8.78 Å². The fourth-order valence-corrected chi connectivity index (χ4v) is 1.85. The van der Waals surface area contributed by atoms with Gasteiger partial charge in [0.25, 0.3) is 5.92 Å². The summed E-state index contributed by atoms with van der Waals surface area (Å²) >= 11 is 0. The molecule has 2 rings (SSSR count). The highest BCUT2D eigenvalue weighted by atomic mass is 19.3. The molecule has 1 aliphatic heterocycles. The van der Waals surface area contributed by atoms with Crippen LogP contribution in [0.1, 0.15) is 17.7 Å². The van der Waals surface area contributed by atoms with Crippen LogP contribution in [0.2, 0.25) is 0 Å². The number of rotatable bonds is 2. The molecule has 16 heavy (non-hydrogen) atoms. The zero-order valence-electron chi connectivity index (χ0n) is 9.08. The summed E-state index contributed by atoms with van der Waals surface area (Å²) in [6.45, 7) is 1.76. The van der Waals surface area contributed by atoms with Gasteiger partial charge in [-0.15, -0.1) is 0 Å². The van der Waals surface area contributed by atoms with E-state index in [0.29, 0.717) is 18.1 Å². The highest BCUT2D eigenvalue weighted by molar-refractivity contribution is 5.43. The van der Waals surface area contributed by atoms with E-state index < -0.39 is 5.92 Å². The van der Waals surface area contributed by atoms with Crippen LogP contribution < -0.4 is 4.90 Å². The molecule has 5 heteroatoms. The number of anilines is 1. The number of hydrogen-bond donors (Lipinski definition) is 1. The second-order valence-corrected chi connectivity index (χ2v) is 4.10. The Kier molecular flexibility index (Phi) is 2.80. The van der Waals surface area contributed by atoms with Crippen molar-refractivity contribution in [3.05, 3.63) is 23.4 Å². The Morgan fingerprint density at radius 1 is 1.50 bits per heavy atom. The zero-order chi connectivity index (χ0) is 11.8. The van der Waals surface area contributed by atoms with Gasteiger partial charge in [-0.3, -0.25) is 0 Å². The molecule has 88 valence electrons. The quantitative estimate of drug-likeness (QED) is 0.837. The van der Waals surface area contributed by atoms with E-state index >= 15 is 0 Å². The van der Waals surface area contributed by atoms with Crippen LogP contribution in [-0.4, -0.2) is 29.1 Å². The monoisotopic (exact) mass is 228 g/mol. The standard InChI is InChI=1S/C11H14F2N2O/c1-8-9(6-16)2-3-10(14-8)15-5-4-11(12,13)7-15/h2-3,16H,4-7H2,1H3. The van der Waals surface area contributed by atoms with E-state index in [-0.39, 0.29) is 19.6 Å². The van der Waals surface area contributed by atoms with Crippen molar-refractivity contribution in [1.29, 1.82) is 0 Å². The van der Waals surface area contributed by atoms with Crippen LogP contribution in [0.4, 0.5) is 14.6 Å². The van der Waals surface area contributed by atoms with Gasteiger partial charge in [-0.25, -0.2) is 13.8 Å². The van der Waals surface area contributed by atoms with E-state index in [1.165, 1.54) is 0 Å². The summed E-state index contributed by atoms with van der Waals surface area (Å²) in [6, 6.07) is 3.41. The van der Waals surface area contributed by atoms with Gasteiger partial charge >= 0.3 is 0 Å². The van der Waals surface area contributed by atoms with Gasteiger partial charge in [0.2, 0.25) is 0 Å². The van der Waals surface area contributed by atoms with Crippen molar-refractivity contribution in [2.24, 2.45) is 0 Å². The molecule has 0 amide bonds. The fourth-order valence-electron chi connectivity index (χ4n) is 1.85. The van der Waals surface area contributed by atoms with E-state index in [4.69, 9.17) is 5.11 Å². The molecule has 3 nitrogen and oxygen atoms in total. The van der Waals surface area contributed by atoms with Gasteiger partial charge in [0.1, 0.15) is 5.82 Å². The van der Waals surface area contributed by atoms with Crippen LogP contribution >= 0.6 is 0 Å². The van der Waals surface area contributed by atoms with E-state index in [1.807, 2.05) is 0 Å². The third-order valence-electron chi connectivity index (χ3n) is 2.84. The summed E-state index contributed by atoms with van der Waals surface area (Å²) < 4.78 is 26.0. The Morgan fingerprint density at radius 2 is 2.25 bits per heavy atom. The Morgan fingerprint density at radius 3 is 2.75 bits per heavy atom. The van der Waals surface area contributed by atoms with E-state index in [1.54, 1.807) is 24.0 Å². The Balaban J connectivity index is 2.20. The topological polar surface area (TPSA) is 36.4 Å². The number of nitrogens with zero attached hydrogens (tertiary/aromatic N) is 2. The molecule has 1 aliphatic rings. The third kappa shape index (κ3) is 2.14. The molecule has 1 saturated heterocycles. The Labute approximate surface area is 92.7 Å². The third-order valence-corrected chi connectivity index (χ3v) is 2.84. The first-order valence-corrected chi connectivity index (χ1v) is 5.22. The molecule has 0 bridgehead atoms. The minimum atomic E-state index is -2.61. The molecule has 1 aromatic rings. The van der Waals surface area contributed by atoms with E-state index in [2.05, 4.69) is 4.98 Å². The van der Waals surface area contributed by atoms with Crippen molar-refractivity contribution in [3.63, 3.8) is 0 Å². The highest BCUT2D eigenvalue weighted by Gasteiger charge is 2.38. The molecule has 0 unspecified atom stereocenters. The minimum absolute atomic E-state index is 0.0741. The summed E-state index contributed by atoms with van der Waals surface area (Å²) in [5, 5.41) is 8.98. The first kappa shape index (κ1) is 11.3.